The van der Waals surface area contributed by atoms with E-state index in [1.165, 1.54) is 0 Å². The van der Waals surface area contributed by atoms with Crippen LogP contribution >= 0.6 is 0 Å². The van der Waals surface area contributed by atoms with E-state index in [2.05, 4.69) is 0 Å². The SMILES string of the molecule is O=S1(=O)CCS(=O)(=O)[C-]1S(=O)(=O)C(F)(F)F. The molecule has 1 aliphatic heterocycles. The largest absolute Gasteiger partial charge is 0.470 e. The van der Waals surface area contributed by atoms with Gasteiger partial charge in [0.15, 0.2) is 9.84 Å². The molecule has 0 saturated carbocycles. The monoisotopic (exact) mass is 301 g/mol. The minimum atomic E-state index is -6.35. The molecule has 1 saturated heterocycles. The van der Waals surface area contributed by atoms with E-state index in [0.717, 1.165) is 0 Å². The third kappa shape index (κ3) is 1.93. The van der Waals surface area contributed by atoms with E-state index in [4.69, 9.17) is 0 Å². The molecule has 1 rings (SSSR count). The minimum absolute atomic E-state index is 1.15. The smallest absolute Gasteiger partial charge is 0.260 e. The molecule has 0 atom stereocenters. The molecule has 0 amide bonds. The number of hydrogen-bond donors (Lipinski definition) is 0. The summed E-state index contributed by atoms with van der Waals surface area (Å²) in [6.45, 7) is 0. The fourth-order valence-corrected chi connectivity index (χ4v) is 9.07. The summed E-state index contributed by atoms with van der Waals surface area (Å²) in [6, 6.07) is 0. The maximum Gasteiger partial charge on any atom is 0.470 e. The van der Waals surface area contributed by atoms with Crippen LogP contribution in [0.25, 0.3) is 0 Å². The van der Waals surface area contributed by atoms with Crippen molar-refractivity contribution < 1.29 is 38.4 Å². The Balaban J connectivity index is 3.57. The van der Waals surface area contributed by atoms with Crippen molar-refractivity contribution in [3.05, 3.63) is 3.91 Å². The molecule has 12 heteroatoms. The molecule has 16 heavy (non-hydrogen) atoms. The molecule has 0 aromatic rings. The molecule has 0 N–H and O–H groups in total. The van der Waals surface area contributed by atoms with Crippen molar-refractivity contribution >= 4 is 29.5 Å². The van der Waals surface area contributed by atoms with Crippen molar-refractivity contribution in [1.82, 2.24) is 0 Å². The van der Waals surface area contributed by atoms with E-state index in [9.17, 15) is 38.4 Å². The van der Waals surface area contributed by atoms with E-state index < -0.39 is 50.4 Å². The van der Waals surface area contributed by atoms with Crippen molar-refractivity contribution in [2.75, 3.05) is 11.5 Å². The second-order valence-corrected chi connectivity index (χ2v) is 9.58. The second-order valence-electron chi connectivity index (χ2n) is 2.84. The van der Waals surface area contributed by atoms with Crippen LogP contribution in [-0.4, -0.2) is 42.3 Å². The summed E-state index contributed by atoms with van der Waals surface area (Å²) in [5.74, 6) is -2.31. The first kappa shape index (κ1) is 13.7. The molecule has 0 unspecified atom stereocenters. The highest BCUT2D eigenvalue weighted by Crippen LogP contribution is 2.41. The van der Waals surface area contributed by atoms with Crippen LogP contribution in [0.5, 0.6) is 0 Å². The standard InChI is InChI=1S/C4H4F3O6S3/c5-4(6,7)16(12,13)3-14(8,9)1-2-15(3,10)11/h1-2H2/q-1. The lowest BCUT2D eigenvalue weighted by Gasteiger charge is -2.23. The lowest BCUT2D eigenvalue weighted by molar-refractivity contribution is -0.0427. The van der Waals surface area contributed by atoms with Gasteiger partial charge in [-0.15, -0.1) is 0 Å². The van der Waals surface area contributed by atoms with Gasteiger partial charge >= 0.3 is 5.51 Å². The summed E-state index contributed by atoms with van der Waals surface area (Å²) >= 11 is 0. The zero-order valence-corrected chi connectivity index (χ0v) is 9.67. The Labute approximate surface area is 89.2 Å². The summed E-state index contributed by atoms with van der Waals surface area (Å²) in [6.07, 6.45) is 0. The van der Waals surface area contributed by atoms with E-state index in [1.54, 1.807) is 0 Å². The van der Waals surface area contributed by atoms with Crippen LogP contribution in [0.1, 0.15) is 0 Å². The van der Waals surface area contributed by atoms with E-state index in [0.29, 0.717) is 0 Å². The minimum Gasteiger partial charge on any atom is -0.260 e. The Morgan fingerprint density at radius 2 is 1.25 bits per heavy atom. The average molecular weight is 301 g/mol. The van der Waals surface area contributed by atoms with Gasteiger partial charge in [-0.05, 0) is 0 Å². The van der Waals surface area contributed by atoms with Crippen LogP contribution in [0.2, 0.25) is 0 Å². The molecule has 0 spiro atoms. The zero-order chi connectivity index (χ0) is 13.0. The van der Waals surface area contributed by atoms with Crippen LogP contribution in [0.15, 0.2) is 0 Å². The lowest BCUT2D eigenvalue weighted by Crippen LogP contribution is -2.34. The Morgan fingerprint density at radius 3 is 1.50 bits per heavy atom. The Bertz CT molecular complexity index is 560. The highest BCUT2D eigenvalue weighted by molar-refractivity contribution is 8.31. The van der Waals surface area contributed by atoms with Crippen LogP contribution in [0, 0.1) is 3.91 Å². The number of hydrogen-bond acceptors (Lipinski definition) is 6. The molecular weight excluding hydrogens is 297 g/mol. The number of alkyl halides is 3. The van der Waals surface area contributed by atoms with E-state index >= 15 is 0 Å². The molecular formula is C4H4F3O6S3-. The number of sulfone groups is 3. The van der Waals surface area contributed by atoms with Crippen molar-refractivity contribution in [2.24, 2.45) is 0 Å². The van der Waals surface area contributed by atoms with Crippen molar-refractivity contribution in [1.29, 1.82) is 0 Å². The topological polar surface area (TPSA) is 102 Å². The summed E-state index contributed by atoms with van der Waals surface area (Å²) < 4.78 is 99.1. The quantitative estimate of drug-likeness (QED) is 0.588. The van der Waals surface area contributed by atoms with Gasteiger partial charge in [0.05, 0.1) is 23.6 Å². The normalized spacial score (nSPS) is 25.7. The molecule has 0 bridgehead atoms. The highest BCUT2D eigenvalue weighted by atomic mass is 32.3. The van der Waals surface area contributed by atoms with Gasteiger partial charge in [-0.1, -0.05) is 0 Å². The predicted octanol–water partition coefficient (Wildman–Crippen LogP) is -0.789. The molecule has 1 fully saturated rings. The summed E-state index contributed by atoms with van der Waals surface area (Å²) in [5.41, 5.74) is -5.95. The van der Waals surface area contributed by atoms with Gasteiger partial charge in [-0.3, -0.25) is 25.3 Å². The van der Waals surface area contributed by atoms with Gasteiger partial charge < -0.3 is 0 Å². The van der Waals surface area contributed by atoms with Crippen LogP contribution in [-0.2, 0) is 29.5 Å². The van der Waals surface area contributed by atoms with E-state index in [1.807, 2.05) is 0 Å². The van der Waals surface area contributed by atoms with Crippen molar-refractivity contribution in [3.63, 3.8) is 0 Å². The lowest BCUT2D eigenvalue weighted by atomic mass is 11.0. The third-order valence-corrected chi connectivity index (χ3v) is 9.82. The molecule has 0 radical (unpaired) electrons. The maximum absolute atomic E-state index is 12.0. The van der Waals surface area contributed by atoms with Gasteiger partial charge in [0.25, 0.3) is 0 Å². The van der Waals surface area contributed by atoms with Gasteiger partial charge in [0.2, 0.25) is 0 Å². The Hall–Kier alpha value is -0.360. The number of halogens is 3. The fourth-order valence-electron chi connectivity index (χ4n) is 1.01. The second kappa shape index (κ2) is 3.32. The summed E-state index contributed by atoms with van der Waals surface area (Å²) in [4.78, 5) is 0. The van der Waals surface area contributed by atoms with Crippen molar-refractivity contribution in [3.8, 4) is 0 Å². The van der Waals surface area contributed by atoms with Gasteiger partial charge in [0.1, 0.15) is 0 Å². The number of rotatable bonds is 1. The molecule has 0 aliphatic carbocycles. The first-order valence-corrected chi connectivity index (χ1v) is 8.25. The van der Waals surface area contributed by atoms with Gasteiger partial charge in [-0.25, -0.2) is 0 Å². The van der Waals surface area contributed by atoms with E-state index in [-0.39, 0.29) is 0 Å². The first-order chi connectivity index (χ1) is 6.82. The predicted molar refractivity (Wildman–Crippen MR) is 45.8 cm³/mol. The molecule has 0 aromatic carbocycles. The van der Waals surface area contributed by atoms with Gasteiger partial charge in [-0.2, -0.15) is 13.2 Å². The molecule has 1 heterocycles. The van der Waals surface area contributed by atoms with Crippen LogP contribution in [0.3, 0.4) is 0 Å². The Kier molecular flexibility index (Phi) is 2.84. The maximum atomic E-state index is 12.0. The highest BCUT2D eigenvalue weighted by Gasteiger charge is 2.53. The zero-order valence-electron chi connectivity index (χ0n) is 7.22. The molecule has 6 nitrogen and oxygen atoms in total. The summed E-state index contributed by atoms with van der Waals surface area (Å²) in [5, 5.41) is 0. The molecule has 96 valence electrons. The van der Waals surface area contributed by atoms with Gasteiger partial charge in [0, 0.05) is 11.5 Å². The van der Waals surface area contributed by atoms with Crippen LogP contribution in [0.4, 0.5) is 13.2 Å². The van der Waals surface area contributed by atoms with Crippen LogP contribution < -0.4 is 0 Å². The Morgan fingerprint density at radius 1 is 0.938 bits per heavy atom. The molecule has 0 aromatic heterocycles. The first-order valence-electron chi connectivity index (χ1n) is 3.46. The third-order valence-electron chi connectivity index (χ3n) is 1.65. The van der Waals surface area contributed by atoms with Crippen molar-refractivity contribution in [2.45, 2.75) is 5.51 Å². The average Bonchev–Trinajstić information content (AvgIpc) is 2.18. The molecule has 1 aliphatic rings. The summed E-state index contributed by atoms with van der Waals surface area (Å²) in [7, 11) is -16.2. The fraction of sp³-hybridized carbons (Fsp3) is 0.750.